The van der Waals surface area contributed by atoms with Gasteiger partial charge in [0.25, 0.3) is 5.91 Å². The van der Waals surface area contributed by atoms with E-state index in [1.54, 1.807) is 48.5 Å². The summed E-state index contributed by atoms with van der Waals surface area (Å²) in [7, 11) is 0. The molecule has 6 nitrogen and oxygen atoms in total. The topological polar surface area (TPSA) is 84.2 Å². The molecule has 0 radical (unpaired) electrons. The summed E-state index contributed by atoms with van der Waals surface area (Å²) < 4.78 is 6.53. The van der Waals surface area contributed by atoms with E-state index < -0.39 is 5.91 Å². The summed E-state index contributed by atoms with van der Waals surface area (Å²) in [5, 5.41) is 7.10. The van der Waals surface area contributed by atoms with E-state index in [0.717, 1.165) is 16.6 Å². The first-order valence-corrected chi connectivity index (χ1v) is 11.1. The number of benzene rings is 2. The SMILES string of the molecule is CCCC(=O)Nc1nc2ccc(NC(=O)c3ccc(-c4ccc(Cl)cc4Cl)o3)cc2s1. The lowest BCUT2D eigenvalue weighted by atomic mass is 10.2. The third-order valence-electron chi connectivity index (χ3n) is 4.40. The molecular formula is C22H17Cl2N3O3S. The molecule has 0 fully saturated rings. The number of carbonyl (C=O) groups excluding carboxylic acids is 2. The molecule has 31 heavy (non-hydrogen) atoms. The zero-order chi connectivity index (χ0) is 22.0. The molecule has 0 unspecified atom stereocenters. The Bertz CT molecular complexity index is 1280. The lowest BCUT2D eigenvalue weighted by Gasteiger charge is -2.04. The number of fused-ring (bicyclic) bond motifs is 1. The standard InChI is InChI=1S/C22H17Cl2N3O3S/c1-2-3-20(28)27-22-26-16-7-5-13(11-19(16)31-22)25-21(29)18-9-8-17(30-18)14-6-4-12(23)10-15(14)24/h4-11H,2-3H2,1H3,(H,25,29)(H,26,27,28). The highest BCUT2D eigenvalue weighted by molar-refractivity contribution is 7.22. The first-order valence-electron chi connectivity index (χ1n) is 9.50. The molecule has 0 saturated heterocycles. The van der Waals surface area contributed by atoms with E-state index in [1.807, 2.05) is 6.92 Å². The largest absolute Gasteiger partial charge is 0.451 e. The predicted molar refractivity (Wildman–Crippen MR) is 125 cm³/mol. The maximum absolute atomic E-state index is 12.6. The van der Waals surface area contributed by atoms with Gasteiger partial charge in [-0.25, -0.2) is 4.98 Å². The average Bonchev–Trinajstić information content (AvgIpc) is 3.34. The van der Waals surface area contributed by atoms with Crippen LogP contribution in [0.1, 0.15) is 30.3 Å². The van der Waals surface area contributed by atoms with Crippen molar-refractivity contribution in [1.82, 2.24) is 4.98 Å². The fourth-order valence-corrected chi connectivity index (χ4v) is 4.37. The van der Waals surface area contributed by atoms with Gasteiger partial charge < -0.3 is 15.1 Å². The van der Waals surface area contributed by atoms with Crippen LogP contribution >= 0.6 is 34.5 Å². The summed E-state index contributed by atoms with van der Waals surface area (Å²) >= 11 is 13.5. The van der Waals surface area contributed by atoms with Crippen LogP contribution in [0.25, 0.3) is 21.5 Å². The number of aromatic nitrogens is 1. The molecule has 2 aromatic heterocycles. The van der Waals surface area contributed by atoms with Gasteiger partial charge >= 0.3 is 0 Å². The maximum Gasteiger partial charge on any atom is 0.291 e. The second kappa shape index (κ2) is 9.09. The van der Waals surface area contributed by atoms with E-state index in [2.05, 4.69) is 15.6 Å². The summed E-state index contributed by atoms with van der Waals surface area (Å²) in [6, 6.07) is 13.7. The molecule has 2 aromatic carbocycles. The molecule has 0 saturated carbocycles. The maximum atomic E-state index is 12.6. The molecule has 4 rings (SSSR count). The van der Waals surface area contributed by atoms with Crippen LogP contribution in [0, 0.1) is 0 Å². The quantitative estimate of drug-likeness (QED) is 0.320. The normalized spacial score (nSPS) is 10.9. The van der Waals surface area contributed by atoms with Crippen molar-refractivity contribution in [2.75, 3.05) is 10.6 Å². The number of nitrogens with zero attached hydrogens (tertiary/aromatic N) is 1. The van der Waals surface area contributed by atoms with Crippen LogP contribution in [-0.4, -0.2) is 16.8 Å². The summed E-state index contributed by atoms with van der Waals surface area (Å²) in [4.78, 5) is 28.8. The predicted octanol–water partition coefficient (Wildman–Crippen LogP) is 6.85. The van der Waals surface area contributed by atoms with Crippen molar-refractivity contribution < 1.29 is 14.0 Å². The van der Waals surface area contributed by atoms with E-state index in [9.17, 15) is 9.59 Å². The molecular weight excluding hydrogens is 457 g/mol. The van der Waals surface area contributed by atoms with E-state index in [4.69, 9.17) is 27.6 Å². The fraction of sp³-hybridized carbons (Fsp3) is 0.136. The molecule has 4 aromatic rings. The second-order valence-electron chi connectivity index (χ2n) is 6.74. The summed E-state index contributed by atoms with van der Waals surface area (Å²) in [5.41, 5.74) is 1.98. The van der Waals surface area contributed by atoms with E-state index >= 15 is 0 Å². The molecule has 0 bridgehead atoms. The van der Waals surface area contributed by atoms with Gasteiger partial charge in [-0.3, -0.25) is 9.59 Å². The van der Waals surface area contributed by atoms with Gasteiger partial charge in [0.05, 0.1) is 15.2 Å². The molecule has 0 aliphatic carbocycles. The van der Waals surface area contributed by atoms with Crippen LogP contribution in [0.15, 0.2) is 52.9 Å². The monoisotopic (exact) mass is 473 g/mol. The van der Waals surface area contributed by atoms with Crippen LogP contribution in [0.3, 0.4) is 0 Å². The number of furan rings is 1. The highest BCUT2D eigenvalue weighted by Gasteiger charge is 2.15. The van der Waals surface area contributed by atoms with E-state index in [0.29, 0.717) is 38.6 Å². The van der Waals surface area contributed by atoms with Gasteiger partial charge in [0.15, 0.2) is 10.9 Å². The molecule has 2 N–H and O–H groups in total. The van der Waals surface area contributed by atoms with Crippen LogP contribution in [0.2, 0.25) is 10.0 Å². The first-order chi connectivity index (χ1) is 14.9. The van der Waals surface area contributed by atoms with Crippen LogP contribution < -0.4 is 10.6 Å². The molecule has 0 spiro atoms. The fourth-order valence-electron chi connectivity index (χ4n) is 2.95. The Morgan fingerprint density at radius 3 is 2.68 bits per heavy atom. The molecule has 0 atom stereocenters. The molecule has 2 heterocycles. The van der Waals surface area contributed by atoms with Gasteiger partial charge in [0, 0.05) is 22.7 Å². The Hall–Kier alpha value is -2.87. The lowest BCUT2D eigenvalue weighted by Crippen LogP contribution is -2.10. The number of carbonyl (C=O) groups is 2. The molecule has 158 valence electrons. The molecule has 2 amide bonds. The van der Waals surface area contributed by atoms with Crippen molar-refractivity contribution in [2.24, 2.45) is 0 Å². The van der Waals surface area contributed by atoms with Crippen LogP contribution in [0.5, 0.6) is 0 Å². The minimum absolute atomic E-state index is 0.0653. The number of amides is 2. The van der Waals surface area contributed by atoms with Gasteiger partial charge in [-0.05, 0) is 55.0 Å². The van der Waals surface area contributed by atoms with Crippen LogP contribution in [0.4, 0.5) is 10.8 Å². The van der Waals surface area contributed by atoms with Crippen molar-refractivity contribution in [3.63, 3.8) is 0 Å². The van der Waals surface area contributed by atoms with Crippen molar-refractivity contribution >= 4 is 67.4 Å². The van der Waals surface area contributed by atoms with E-state index in [-0.39, 0.29) is 11.7 Å². The Morgan fingerprint density at radius 1 is 1.06 bits per heavy atom. The molecule has 9 heteroatoms. The van der Waals surface area contributed by atoms with Crippen molar-refractivity contribution in [3.05, 3.63) is 64.3 Å². The zero-order valence-electron chi connectivity index (χ0n) is 16.4. The summed E-state index contributed by atoms with van der Waals surface area (Å²) in [6.07, 6.45) is 1.22. The Balaban J connectivity index is 1.49. The number of hydrogen-bond donors (Lipinski definition) is 2. The first kappa shape index (κ1) is 21.4. The highest BCUT2D eigenvalue weighted by Crippen LogP contribution is 2.32. The third-order valence-corrected chi connectivity index (χ3v) is 5.88. The van der Waals surface area contributed by atoms with Gasteiger partial charge in [-0.1, -0.05) is 41.5 Å². The van der Waals surface area contributed by atoms with Crippen LogP contribution in [-0.2, 0) is 4.79 Å². The lowest BCUT2D eigenvalue weighted by molar-refractivity contribution is -0.116. The van der Waals surface area contributed by atoms with Crippen molar-refractivity contribution in [3.8, 4) is 11.3 Å². The second-order valence-corrected chi connectivity index (χ2v) is 8.62. The zero-order valence-corrected chi connectivity index (χ0v) is 18.7. The van der Waals surface area contributed by atoms with Gasteiger partial charge in [-0.2, -0.15) is 0 Å². The number of rotatable bonds is 6. The highest BCUT2D eigenvalue weighted by atomic mass is 35.5. The van der Waals surface area contributed by atoms with E-state index in [1.165, 1.54) is 11.3 Å². The van der Waals surface area contributed by atoms with Gasteiger partial charge in [-0.15, -0.1) is 0 Å². The smallest absolute Gasteiger partial charge is 0.291 e. The number of halogens is 2. The summed E-state index contributed by atoms with van der Waals surface area (Å²) in [5.74, 6) is 0.163. The molecule has 0 aliphatic rings. The van der Waals surface area contributed by atoms with Crippen molar-refractivity contribution in [1.29, 1.82) is 0 Å². The number of nitrogens with one attached hydrogen (secondary N) is 2. The molecule has 0 aliphatic heterocycles. The van der Waals surface area contributed by atoms with Gasteiger partial charge in [0.2, 0.25) is 5.91 Å². The Kier molecular flexibility index (Phi) is 6.27. The Labute approximate surface area is 192 Å². The minimum Gasteiger partial charge on any atom is -0.451 e. The number of hydrogen-bond acceptors (Lipinski definition) is 5. The summed E-state index contributed by atoms with van der Waals surface area (Å²) in [6.45, 7) is 1.94. The number of anilines is 2. The number of thiazole rings is 1. The Morgan fingerprint density at radius 2 is 1.90 bits per heavy atom. The van der Waals surface area contributed by atoms with Crippen molar-refractivity contribution in [2.45, 2.75) is 19.8 Å². The average molecular weight is 474 g/mol. The minimum atomic E-state index is -0.392. The van der Waals surface area contributed by atoms with Gasteiger partial charge in [0.1, 0.15) is 5.76 Å². The third kappa shape index (κ3) is 4.90.